The molecule has 7 heteroatoms. The van der Waals surface area contributed by atoms with Crippen molar-refractivity contribution in [3.63, 3.8) is 0 Å². The summed E-state index contributed by atoms with van der Waals surface area (Å²) in [6.07, 6.45) is 2.57. The van der Waals surface area contributed by atoms with Crippen molar-refractivity contribution < 1.29 is 9.13 Å². The molecule has 0 N–H and O–H groups in total. The van der Waals surface area contributed by atoms with Crippen LogP contribution in [0.25, 0.3) is 11.3 Å². The Morgan fingerprint density at radius 3 is 2.89 bits per heavy atom. The highest BCUT2D eigenvalue weighted by Crippen LogP contribution is 2.22. The molecule has 0 radical (unpaired) electrons. The number of hydrogen-bond donors (Lipinski definition) is 0. The summed E-state index contributed by atoms with van der Waals surface area (Å²) in [6, 6.07) is 2.89. The van der Waals surface area contributed by atoms with Crippen LogP contribution in [0.5, 0.6) is 0 Å². The lowest BCUT2D eigenvalue weighted by molar-refractivity contribution is -0.0247. The molecule has 0 aliphatic carbocycles. The predicted molar refractivity (Wildman–Crippen MR) is 66.6 cm³/mol. The number of aromatic nitrogens is 3. The van der Waals surface area contributed by atoms with Crippen LogP contribution < -0.4 is 5.56 Å². The summed E-state index contributed by atoms with van der Waals surface area (Å²) in [5.74, 6) is -0.584. The molecule has 0 spiro atoms. The van der Waals surface area contributed by atoms with Gasteiger partial charge in [0.1, 0.15) is 5.69 Å². The monoisotopic (exact) mass is 281 g/mol. The second-order valence-electron chi connectivity index (χ2n) is 4.19. The van der Waals surface area contributed by atoms with Gasteiger partial charge in [-0.15, -0.1) is 0 Å². The number of pyridine rings is 1. The van der Waals surface area contributed by atoms with Gasteiger partial charge in [0.05, 0.1) is 25.5 Å². The minimum Gasteiger partial charge on any atom is -0.377 e. The molecule has 98 valence electrons. The lowest BCUT2D eigenvalue weighted by Gasteiger charge is -2.28. The van der Waals surface area contributed by atoms with E-state index in [1.165, 1.54) is 16.7 Å². The minimum absolute atomic E-state index is 0.00665. The van der Waals surface area contributed by atoms with Crippen LogP contribution in [0.15, 0.2) is 29.3 Å². The van der Waals surface area contributed by atoms with E-state index in [4.69, 9.17) is 16.3 Å². The highest BCUT2D eigenvalue weighted by molar-refractivity contribution is 6.28. The normalized spacial score (nSPS) is 15.3. The first-order valence-corrected chi connectivity index (χ1v) is 6.01. The lowest BCUT2D eigenvalue weighted by Crippen LogP contribution is -2.36. The van der Waals surface area contributed by atoms with E-state index in [2.05, 4.69) is 9.97 Å². The molecule has 1 aliphatic rings. The molecule has 0 saturated carbocycles. The molecular weight excluding hydrogens is 273 g/mol. The Bertz CT molecular complexity index is 685. The van der Waals surface area contributed by atoms with Gasteiger partial charge >= 0.3 is 0 Å². The fraction of sp³-hybridized carbons (Fsp3) is 0.250. The summed E-state index contributed by atoms with van der Waals surface area (Å²) in [5.41, 5.74) is 0.403. The molecular formula is C12H9ClFN3O2. The number of hydrogen-bond acceptors (Lipinski definition) is 4. The van der Waals surface area contributed by atoms with Crippen LogP contribution in [0.3, 0.4) is 0 Å². The minimum atomic E-state index is -0.584. The number of halogens is 2. The number of ether oxygens (including phenoxy) is 1. The molecule has 0 unspecified atom stereocenters. The number of nitrogens with zero attached hydrogens (tertiary/aromatic N) is 3. The molecule has 0 atom stereocenters. The Morgan fingerprint density at radius 1 is 1.42 bits per heavy atom. The van der Waals surface area contributed by atoms with Crippen LogP contribution in [0.2, 0.25) is 5.28 Å². The molecule has 3 rings (SSSR count). The maximum Gasteiger partial charge on any atom is 0.250 e. The fourth-order valence-electron chi connectivity index (χ4n) is 1.86. The first-order chi connectivity index (χ1) is 9.15. The molecule has 0 aromatic carbocycles. The average Bonchev–Trinajstić information content (AvgIpc) is 2.33. The quantitative estimate of drug-likeness (QED) is 0.786. The summed E-state index contributed by atoms with van der Waals surface area (Å²) in [6.45, 7) is 0.965. The third-order valence-corrected chi connectivity index (χ3v) is 3.12. The van der Waals surface area contributed by atoms with Gasteiger partial charge in [-0.3, -0.25) is 4.79 Å². The summed E-state index contributed by atoms with van der Waals surface area (Å²) in [5, 5.41) is -0.0406. The van der Waals surface area contributed by atoms with Crippen molar-refractivity contribution in [1.82, 2.24) is 14.5 Å². The van der Waals surface area contributed by atoms with Gasteiger partial charge in [-0.25, -0.2) is 14.4 Å². The van der Waals surface area contributed by atoms with E-state index in [0.717, 1.165) is 6.20 Å². The Balaban J connectivity index is 2.10. The molecule has 1 fully saturated rings. The van der Waals surface area contributed by atoms with E-state index in [-0.39, 0.29) is 22.6 Å². The van der Waals surface area contributed by atoms with Crippen molar-refractivity contribution in [2.75, 3.05) is 13.2 Å². The van der Waals surface area contributed by atoms with Crippen molar-refractivity contribution in [2.24, 2.45) is 0 Å². The second kappa shape index (κ2) is 4.71. The van der Waals surface area contributed by atoms with Crippen LogP contribution in [0.1, 0.15) is 6.04 Å². The van der Waals surface area contributed by atoms with Gasteiger partial charge in [0.15, 0.2) is 5.82 Å². The van der Waals surface area contributed by atoms with E-state index in [1.807, 2.05) is 0 Å². The maximum absolute atomic E-state index is 13.7. The van der Waals surface area contributed by atoms with Crippen molar-refractivity contribution in [2.45, 2.75) is 6.04 Å². The van der Waals surface area contributed by atoms with E-state index in [0.29, 0.717) is 18.8 Å². The standard InChI is InChI=1S/C12H9ClFN3O2/c13-12-15-3-9(14)11(16-12)7-1-2-10(18)17(4-7)8-5-19-6-8/h1-4,8H,5-6H2. The summed E-state index contributed by atoms with van der Waals surface area (Å²) in [7, 11) is 0. The third kappa shape index (κ3) is 2.24. The van der Waals surface area contributed by atoms with Crippen LogP contribution in [0.4, 0.5) is 4.39 Å². The largest absolute Gasteiger partial charge is 0.377 e. The lowest BCUT2D eigenvalue weighted by atomic mass is 10.1. The van der Waals surface area contributed by atoms with Crippen LogP contribution in [-0.2, 0) is 4.74 Å². The molecule has 2 aromatic heterocycles. The van der Waals surface area contributed by atoms with Crippen molar-refractivity contribution in [3.8, 4) is 11.3 Å². The molecule has 2 aromatic rings. The Morgan fingerprint density at radius 2 is 2.21 bits per heavy atom. The van der Waals surface area contributed by atoms with Gasteiger partial charge in [-0.2, -0.15) is 0 Å². The zero-order valence-corrected chi connectivity index (χ0v) is 10.5. The highest BCUT2D eigenvalue weighted by Gasteiger charge is 2.22. The first-order valence-electron chi connectivity index (χ1n) is 5.63. The van der Waals surface area contributed by atoms with E-state index in [9.17, 15) is 9.18 Å². The van der Waals surface area contributed by atoms with Gasteiger partial charge < -0.3 is 9.30 Å². The molecule has 1 aliphatic heterocycles. The average molecular weight is 282 g/mol. The summed E-state index contributed by atoms with van der Waals surface area (Å²) in [4.78, 5) is 19.2. The molecule has 1 saturated heterocycles. The molecule has 19 heavy (non-hydrogen) atoms. The van der Waals surface area contributed by atoms with E-state index in [1.54, 1.807) is 6.20 Å². The first kappa shape index (κ1) is 12.3. The zero-order chi connectivity index (χ0) is 13.4. The van der Waals surface area contributed by atoms with Crippen molar-refractivity contribution in [3.05, 3.63) is 46.0 Å². The Labute approximate surface area is 112 Å². The van der Waals surface area contributed by atoms with Crippen molar-refractivity contribution in [1.29, 1.82) is 0 Å². The third-order valence-electron chi connectivity index (χ3n) is 2.94. The van der Waals surface area contributed by atoms with Crippen LogP contribution >= 0.6 is 11.6 Å². The topological polar surface area (TPSA) is 57.0 Å². The summed E-state index contributed by atoms with van der Waals surface area (Å²) < 4.78 is 20.3. The summed E-state index contributed by atoms with van der Waals surface area (Å²) >= 11 is 5.66. The fourth-order valence-corrected chi connectivity index (χ4v) is 1.99. The van der Waals surface area contributed by atoms with E-state index < -0.39 is 5.82 Å². The van der Waals surface area contributed by atoms with Gasteiger partial charge in [-0.05, 0) is 17.7 Å². The van der Waals surface area contributed by atoms with Crippen molar-refractivity contribution >= 4 is 11.6 Å². The highest BCUT2D eigenvalue weighted by atomic mass is 35.5. The van der Waals surface area contributed by atoms with Crippen LogP contribution in [0, 0.1) is 5.82 Å². The van der Waals surface area contributed by atoms with E-state index >= 15 is 0 Å². The zero-order valence-electron chi connectivity index (χ0n) is 9.72. The molecule has 0 amide bonds. The van der Waals surface area contributed by atoms with Gasteiger partial charge in [0.25, 0.3) is 5.56 Å². The Hall–Kier alpha value is -1.79. The molecule has 0 bridgehead atoms. The van der Waals surface area contributed by atoms with Crippen LogP contribution in [-0.4, -0.2) is 27.7 Å². The maximum atomic E-state index is 13.7. The smallest absolute Gasteiger partial charge is 0.250 e. The molecule has 3 heterocycles. The molecule has 5 nitrogen and oxygen atoms in total. The van der Waals surface area contributed by atoms with Gasteiger partial charge in [0.2, 0.25) is 5.28 Å². The SMILES string of the molecule is O=c1ccc(-c2nc(Cl)ncc2F)cn1C1COC1. The Kier molecular flexibility index (Phi) is 3.04. The second-order valence-corrected chi connectivity index (χ2v) is 4.53. The predicted octanol–water partition coefficient (Wildman–Crippen LogP) is 1.67. The van der Waals surface area contributed by atoms with Gasteiger partial charge in [-0.1, -0.05) is 0 Å². The van der Waals surface area contributed by atoms with Gasteiger partial charge in [0, 0.05) is 17.8 Å². The number of rotatable bonds is 2.